The SMILES string of the molecule is CN=C(NCCc1c[nH]c2ccccc12)NCCN(C)c1ccccc1.I. The van der Waals surface area contributed by atoms with Crippen molar-refractivity contribution in [1.82, 2.24) is 15.6 Å². The molecule has 0 atom stereocenters. The zero-order valence-corrected chi connectivity index (χ0v) is 18.2. The molecule has 0 bridgehead atoms. The fraction of sp³-hybridized carbons (Fsp3) is 0.286. The molecule has 27 heavy (non-hydrogen) atoms. The van der Waals surface area contributed by atoms with Crippen molar-refractivity contribution >= 4 is 46.5 Å². The summed E-state index contributed by atoms with van der Waals surface area (Å²) in [6.07, 6.45) is 3.05. The second-order valence-electron chi connectivity index (χ2n) is 6.29. The Morgan fingerprint density at radius 1 is 1.00 bits per heavy atom. The van der Waals surface area contributed by atoms with Crippen LogP contribution in [-0.4, -0.2) is 44.7 Å². The van der Waals surface area contributed by atoms with Crippen molar-refractivity contribution in [2.24, 2.45) is 4.99 Å². The Kier molecular flexibility index (Phi) is 8.44. The Balaban J connectivity index is 0.00000261. The molecule has 0 aliphatic carbocycles. The van der Waals surface area contributed by atoms with Gasteiger partial charge in [0.25, 0.3) is 0 Å². The summed E-state index contributed by atoms with van der Waals surface area (Å²) in [7, 11) is 3.91. The minimum absolute atomic E-state index is 0. The number of benzene rings is 2. The van der Waals surface area contributed by atoms with Gasteiger partial charge in [-0.05, 0) is 30.2 Å². The summed E-state index contributed by atoms with van der Waals surface area (Å²) < 4.78 is 0. The predicted molar refractivity (Wildman–Crippen MR) is 126 cm³/mol. The maximum atomic E-state index is 4.31. The van der Waals surface area contributed by atoms with Gasteiger partial charge in [-0.25, -0.2) is 0 Å². The van der Waals surface area contributed by atoms with E-state index in [0.717, 1.165) is 32.0 Å². The topological polar surface area (TPSA) is 55.5 Å². The molecule has 0 fully saturated rings. The maximum absolute atomic E-state index is 4.31. The molecule has 0 aliphatic heterocycles. The molecule has 5 nitrogen and oxygen atoms in total. The standard InChI is InChI=1S/C21H27N5.HI/c1-22-21(24-14-15-26(2)18-8-4-3-5-9-18)23-13-12-17-16-25-20-11-7-6-10-19(17)20;/h3-11,16,25H,12-15H2,1-2H3,(H2,22,23,24);1H. The van der Waals surface area contributed by atoms with E-state index >= 15 is 0 Å². The summed E-state index contributed by atoms with van der Waals surface area (Å²) in [6.45, 7) is 2.58. The third kappa shape index (κ3) is 5.89. The van der Waals surface area contributed by atoms with E-state index in [1.807, 2.05) is 13.1 Å². The minimum Gasteiger partial charge on any atom is -0.373 e. The Labute approximate surface area is 178 Å². The van der Waals surface area contributed by atoms with Crippen LogP contribution < -0.4 is 15.5 Å². The molecule has 1 heterocycles. The van der Waals surface area contributed by atoms with Gasteiger partial charge in [0, 0.05) is 56.5 Å². The van der Waals surface area contributed by atoms with Crippen LogP contribution in [0.15, 0.2) is 65.8 Å². The average Bonchev–Trinajstić information content (AvgIpc) is 3.10. The molecule has 144 valence electrons. The van der Waals surface area contributed by atoms with Crippen molar-refractivity contribution in [3.63, 3.8) is 0 Å². The lowest BCUT2D eigenvalue weighted by atomic mass is 10.1. The lowest BCUT2D eigenvalue weighted by Crippen LogP contribution is -2.41. The van der Waals surface area contributed by atoms with Crippen LogP contribution in [0.5, 0.6) is 0 Å². The maximum Gasteiger partial charge on any atom is 0.191 e. The number of hydrogen-bond acceptors (Lipinski definition) is 2. The molecule has 3 N–H and O–H groups in total. The number of nitrogens with one attached hydrogen (secondary N) is 3. The normalized spacial score (nSPS) is 11.1. The summed E-state index contributed by atoms with van der Waals surface area (Å²) >= 11 is 0. The van der Waals surface area contributed by atoms with E-state index in [0.29, 0.717) is 0 Å². The number of aliphatic imine (C=N–C) groups is 1. The Hall–Kier alpha value is -2.22. The third-order valence-electron chi connectivity index (χ3n) is 4.52. The average molecular weight is 477 g/mol. The number of nitrogens with zero attached hydrogens (tertiary/aromatic N) is 2. The highest BCUT2D eigenvalue weighted by molar-refractivity contribution is 14.0. The van der Waals surface area contributed by atoms with Gasteiger partial charge in [0.05, 0.1) is 0 Å². The Morgan fingerprint density at radius 2 is 1.70 bits per heavy atom. The van der Waals surface area contributed by atoms with E-state index in [-0.39, 0.29) is 24.0 Å². The first-order valence-corrected chi connectivity index (χ1v) is 9.03. The number of fused-ring (bicyclic) bond motifs is 1. The number of anilines is 1. The van der Waals surface area contributed by atoms with Crippen molar-refractivity contribution < 1.29 is 0 Å². The highest BCUT2D eigenvalue weighted by Crippen LogP contribution is 2.17. The van der Waals surface area contributed by atoms with Gasteiger partial charge >= 0.3 is 0 Å². The van der Waals surface area contributed by atoms with Gasteiger partial charge in [0.1, 0.15) is 0 Å². The van der Waals surface area contributed by atoms with E-state index in [1.165, 1.54) is 22.2 Å². The van der Waals surface area contributed by atoms with Gasteiger partial charge in [0.15, 0.2) is 5.96 Å². The molecule has 2 aromatic carbocycles. The number of H-pyrrole nitrogens is 1. The fourth-order valence-corrected chi connectivity index (χ4v) is 3.03. The largest absolute Gasteiger partial charge is 0.373 e. The van der Waals surface area contributed by atoms with Crippen LogP contribution in [0.25, 0.3) is 10.9 Å². The molecule has 0 radical (unpaired) electrons. The van der Waals surface area contributed by atoms with Crippen molar-refractivity contribution in [1.29, 1.82) is 0 Å². The number of aromatic nitrogens is 1. The molecular weight excluding hydrogens is 449 g/mol. The zero-order chi connectivity index (χ0) is 18.2. The summed E-state index contributed by atoms with van der Waals surface area (Å²) in [6, 6.07) is 18.8. The van der Waals surface area contributed by atoms with Gasteiger partial charge in [-0.15, -0.1) is 24.0 Å². The van der Waals surface area contributed by atoms with Crippen LogP contribution in [0.1, 0.15) is 5.56 Å². The summed E-state index contributed by atoms with van der Waals surface area (Å²) in [5.41, 5.74) is 3.73. The van der Waals surface area contributed by atoms with Crippen LogP contribution in [0.4, 0.5) is 5.69 Å². The molecule has 3 rings (SSSR count). The van der Waals surface area contributed by atoms with Gasteiger partial charge in [0.2, 0.25) is 0 Å². The first-order chi connectivity index (χ1) is 12.8. The molecule has 0 spiro atoms. The van der Waals surface area contributed by atoms with Crippen molar-refractivity contribution in [2.75, 3.05) is 38.6 Å². The molecular formula is C21H28IN5. The van der Waals surface area contributed by atoms with Gasteiger partial charge < -0.3 is 20.5 Å². The Morgan fingerprint density at radius 3 is 2.48 bits per heavy atom. The highest BCUT2D eigenvalue weighted by Gasteiger charge is 2.04. The van der Waals surface area contributed by atoms with Crippen LogP contribution >= 0.6 is 24.0 Å². The minimum atomic E-state index is 0. The molecule has 6 heteroatoms. The molecule has 0 amide bonds. The van der Waals surface area contributed by atoms with E-state index in [2.05, 4.69) is 87.3 Å². The number of rotatable bonds is 7. The Bertz CT molecular complexity index is 844. The number of hydrogen-bond donors (Lipinski definition) is 3. The van der Waals surface area contributed by atoms with E-state index in [9.17, 15) is 0 Å². The summed E-state index contributed by atoms with van der Waals surface area (Å²) in [4.78, 5) is 9.86. The van der Waals surface area contributed by atoms with Gasteiger partial charge in [-0.3, -0.25) is 4.99 Å². The number of likely N-dealkylation sites (N-methyl/N-ethyl adjacent to an activating group) is 1. The van der Waals surface area contributed by atoms with E-state index < -0.39 is 0 Å². The molecule has 1 aromatic heterocycles. The van der Waals surface area contributed by atoms with Crippen LogP contribution in [0, 0.1) is 0 Å². The zero-order valence-electron chi connectivity index (χ0n) is 15.9. The molecule has 0 aliphatic rings. The summed E-state index contributed by atoms with van der Waals surface area (Å²) in [5, 5.41) is 8.06. The second-order valence-corrected chi connectivity index (χ2v) is 6.29. The lowest BCUT2D eigenvalue weighted by Gasteiger charge is -2.20. The van der Waals surface area contributed by atoms with Gasteiger partial charge in [-0.1, -0.05) is 36.4 Å². The first-order valence-electron chi connectivity index (χ1n) is 9.03. The van der Waals surface area contributed by atoms with Crippen LogP contribution in [0.3, 0.4) is 0 Å². The molecule has 0 unspecified atom stereocenters. The third-order valence-corrected chi connectivity index (χ3v) is 4.52. The number of aromatic amines is 1. The molecule has 0 saturated heterocycles. The van der Waals surface area contributed by atoms with E-state index in [4.69, 9.17) is 0 Å². The lowest BCUT2D eigenvalue weighted by molar-refractivity contribution is 0.772. The van der Waals surface area contributed by atoms with Crippen LogP contribution in [-0.2, 0) is 6.42 Å². The fourth-order valence-electron chi connectivity index (χ4n) is 3.03. The van der Waals surface area contributed by atoms with Gasteiger partial charge in [-0.2, -0.15) is 0 Å². The molecule has 3 aromatic rings. The monoisotopic (exact) mass is 477 g/mol. The number of guanidine groups is 1. The number of halogens is 1. The second kappa shape index (κ2) is 10.8. The highest BCUT2D eigenvalue weighted by atomic mass is 127. The number of para-hydroxylation sites is 2. The molecule has 0 saturated carbocycles. The van der Waals surface area contributed by atoms with Crippen molar-refractivity contribution in [3.8, 4) is 0 Å². The summed E-state index contributed by atoms with van der Waals surface area (Å²) in [5.74, 6) is 0.839. The van der Waals surface area contributed by atoms with Crippen molar-refractivity contribution in [3.05, 3.63) is 66.4 Å². The quantitative estimate of drug-likeness (QED) is 0.277. The first kappa shape index (κ1) is 21.1. The van der Waals surface area contributed by atoms with Crippen molar-refractivity contribution in [2.45, 2.75) is 6.42 Å². The predicted octanol–water partition coefficient (Wildman–Crippen LogP) is 3.63. The van der Waals surface area contributed by atoms with E-state index in [1.54, 1.807) is 0 Å². The van der Waals surface area contributed by atoms with Crippen LogP contribution in [0.2, 0.25) is 0 Å². The smallest absolute Gasteiger partial charge is 0.191 e.